The van der Waals surface area contributed by atoms with Crippen LogP contribution in [0.25, 0.3) is 0 Å². The second kappa shape index (κ2) is 4.39. The zero-order valence-corrected chi connectivity index (χ0v) is 9.99. The van der Waals surface area contributed by atoms with Crippen LogP contribution in [0, 0.1) is 5.92 Å². The number of hydrogen-bond acceptors (Lipinski definition) is 3. The summed E-state index contributed by atoms with van der Waals surface area (Å²) in [5, 5.41) is 9.65. The van der Waals surface area contributed by atoms with E-state index in [-0.39, 0.29) is 12.0 Å². The first kappa shape index (κ1) is 12.3. The molecule has 15 heavy (non-hydrogen) atoms. The summed E-state index contributed by atoms with van der Waals surface area (Å²) < 4.78 is 5.24. The van der Waals surface area contributed by atoms with E-state index in [1.807, 2.05) is 27.7 Å². The number of amides is 1. The summed E-state index contributed by atoms with van der Waals surface area (Å²) >= 11 is 0. The fraction of sp³-hybridized carbons (Fsp3) is 0.909. The first-order valence-corrected chi connectivity index (χ1v) is 5.45. The minimum absolute atomic E-state index is 0.267. The SMILES string of the molecule is C[C@H]1CCN(C(=O)OC(C)(C)C)C[C@@H]1O. The predicted molar refractivity (Wildman–Crippen MR) is 57.6 cm³/mol. The molecule has 0 aliphatic carbocycles. The molecular weight excluding hydrogens is 194 g/mol. The van der Waals surface area contributed by atoms with Gasteiger partial charge in [-0.2, -0.15) is 0 Å². The van der Waals surface area contributed by atoms with Crippen molar-refractivity contribution >= 4 is 6.09 Å². The molecule has 88 valence electrons. The van der Waals surface area contributed by atoms with Gasteiger partial charge in [0.15, 0.2) is 0 Å². The van der Waals surface area contributed by atoms with E-state index in [1.165, 1.54) is 0 Å². The van der Waals surface area contributed by atoms with Crippen LogP contribution in [0.1, 0.15) is 34.1 Å². The van der Waals surface area contributed by atoms with E-state index in [0.717, 1.165) is 6.42 Å². The lowest BCUT2D eigenvalue weighted by atomic mass is 9.96. The van der Waals surface area contributed by atoms with Gasteiger partial charge in [-0.1, -0.05) is 6.92 Å². The van der Waals surface area contributed by atoms with Gasteiger partial charge in [-0.25, -0.2) is 4.79 Å². The minimum atomic E-state index is -0.467. The summed E-state index contributed by atoms with van der Waals surface area (Å²) in [6.45, 7) is 8.58. The number of carbonyl (C=O) groups excluding carboxylic acids is 1. The second-order valence-corrected chi connectivity index (χ2v) is 5.26. The van der Waals surface area contributed by atoms with Crippen LogP contribution >= 0.6 is 0 Å². The molecular formula is C11H21NO3. The van der Waals surface area contributed by atoms with Crippen LogP contribution < -0.4 is 0 Å². The fourth-order valence-electron chi connectivity index (χ4n) is 1.54. The third-order valence-electron chi connectivity index (χ3n) is 2.57. The molecule has 2 atom stereocenters. The van der Waals surface area contributed by atoms with Crippen molar-refractivity contribution in [3.8, 4) is 0 Å². The average Bonchev–Trinajstić information content (AvgIpc) is 2.06. The van der Waals surface area contributed by atoms with Gasteiger partial charge in [0.25, 0.3) is 0 Å². The van der Waals surface area contributed by atoms with Gasteiger partial charge in [-0.3, -0.25) is 0 Å². The van der Waals surface area contributed by atoms with E-state index < -0.39 is 11.7 Å². The van der Waals surface area contributed by atoms with Gasteiger partial charge in [0.2, 0.25) is 0 Å². The lowest BCUT2D eigenvalue weighted by molar-refractivity contribution is -0.00946. The molecule has 0 radical (unpaired) electrons. The van der Waals surface area contributed by atoms with Gasteiger partial charge in [-0.15, -0.1) is 0 Å². The quantitative estimate of drug-likeness (QED) is 0.668. The predicted octanol–water partition coefficient (Wildman–Crippen LogP) is 1.62. The molecule has 1 rings (SSSR count). The molecule has 1 aliphatic rings. The smallest absolute Gasteiger partial charge is 0.410 e. The highest BCUT2D eigenvalue weighted by atomic mass is 16.6. The van der Waals surface area contributed by atoms with Crippen molar-refractivity contribution in [2.75, 3.05) is 13.1 Å². The van der Waals surface area contributed by atoms with E-state index in [0.29, 0.717) is 13.1 Å². The molecule has 0 bridgehead atoms. The van der Waals surface area contributed by atoms with Gasteiger partial charge < -0.3 is 14.7 Å². The number of carbonyl (C=O) groups is 1. The summed E-state index contributed by atoms with van der Waals surface area (Å²) in [4.78, 5) is 13.2. The Morgan fingerprint density at radius 2 is 2.07 bits per heavy atom. The Kier molecular flexibility index (Phi) is 3.60. The molecule has 1 fully saturated rings. The molecule has 0 spiro atoms. The summed E-state index contributed by atoms with van der Waals surface area (Å²) in [6, 6.07) is 0. The average molecular weight is 215 g/mol. The van der Waals surface area contributed by atoms with Gasteiger partial charge >= 0.3 is 6.09 Å². The maximum absolute atomic E-state index is 11.7. The molecule has 1 heterocycles. The van der Waals surface area contributed by atoms with E-state index in [1.54, 1.807) is 4.90 Å². The van der Waals surface area contributed by atoms with Crippen molar-refractivity contribution in [2.45, 2.75) is 45.8 Å². The van der Waals surface area contributed by atoms with Crippen LogP contribution in [0.2, 0.25) is 0 Å². The van der Waals surface area contributed by atoms with Gasteiger partial charge in [0.1, 0.15) is 5.60 Å². The molecule has 1 saturated heterocycles. The highest BCUT2D eigenvalue weighted by Crippen LogP contribution is 2.19. The van der Waals surface area contributed by atoms with Crippen LogP contribution in [-0.2, 0) is 4.74 Å². The minimum Gasteiger partial charge on any atom is -0.444 e. The fourth-order valence-corrected chi connectivity index (χ4v) is 1.54. The van der Waals surface area contributed by atoms with Gasteiger partial charge in [-0.05, 0) is 33.1 Å². The summed E-state index contributed by atoms with van der Waals surface area (Å²) in [5.74, 6) is 0.267. The second-order valence-electron chi connectivity index (χ2n) is 5.26. The molecule has 0 aromatic heterocycles. The van der Waals surface area contributed by atoms with Crippen molar-refractivity contribution in [2.24, 2.45) is 5.92 Å². The lowest BCUT2D eigenvalue weighted by Crippen LogP contribution is -2.47. The van der Waals surface area contributed by atoms with Crippen molar-refractivity contribution < 1.29 is 14.6 Å². The Hall–Kier alpha value is -0.770. The van der Waals surface area contributed by atoms with E-state index >= 15 is 0 Å². The lowest BCUT2D eigenvalue weighted by Gasteiger charge is -2.35. The van der Waals surface area contributed by atoms with Crippen molar-refractivity contribution in [3.63, 3.8) is 0 Å². The van der Waals surface area contributed by atoms with Crippen molar-refractivity contribution in [1.29, 1.82) is 0 Å². The van der Waals surface area contributed by atoms with Crippen LogP contribution in [0.3, 0.4) is 0 Å². The molecule has 0 aromatic carbocycles. The monoisotopic (exact) mass is 215 g/mol. The molecule has 4 nitrogen and oxygen atoms in total. The number of nitrogens with zero attached hydrogens (tertiary/aromatic N) is 1. The zero-order valence-electron chi connectivity index (χ0n) is 9.99. The number of aliphatic hydroxyl groups excluding tert-OH is 1. The van der Waals surface area contributed by atoms with Crippen LogP contribution in [0.15, 0.2) is 0 Å². The zero-order chi connectivity index (χ0) is 11.6. The third kappa shape index (κ3) is 3.70. The first-order chi connectivity index (χ1) is 6.79. The Bertz CT molecular complexity index is 234. The number of likely N-dealkylation sites (tertiary alicyclic amines) is 1. The standard InChI is InChI=1S/C11H21NO3/c1-8-5-6-12(7-9(8)13)10(14)15-11(2,3)4/h8-9,13H,5-7H2,1-4H3/t8-,9-/m0/s1. The van der Waals surface area contributed by atoms with Crippen LogP contribution in [0.5, 0.6) is 0 Å². The number of ether oxygens (including phenoxy) is 1. The highest BCUT2D eigenvalue weighted by Gasteiger charge is 2.29. The largest absolute Gasteiger partial charge is 0.444 e. The van der Waals surface area contributed by atoms with Gasteiger partial charge in [0.05, 0.1) is 12.6 Å². The number of hydrogen-bond donors (Lipinski definition) is 1. The van der Waals surface area contributed by atoms with E-state index in [4.69, 9.17) is 4.74 Å². The Labute approximate surface area is 91.2 Å². The Morgan fingerprint density at radius 3 is 2.53 bits per heavy atom. The number of rotatable bonds is 0. The molecule has 1 aliphatic heterocycles. The third-order valence-corrected chi connectivity index (χ3v) is 2.57. The summed E-state index contributed by atoms with van der Waals surface area (Å²) in [7, 11) is 0. The maximum Gasteiger partial charge on any atom is 0.410 e. The molecule has 1 amide bonds. The number of aliphatic hydroxyl groups is 1. The topological polar surface area (TPSA) is 49.8 Å². The summed E-state index contributed by atoms with van der Waals surface area (Å²) in [5.41, 5.74) is -0.467. The molecule has 4 heteroatoms. The normalized spacial score (nSPS) is 27.7. The number of β-amino-alcohol motifs (C(OH)–C–C–N with tert-alkyl or cyclic N) is 1. The van der Waals surface area contributed by atoms with Gasteiger partial charge in [0, 0.05) is 6.54 Å². The summed E-state index contributed by atoms with van der Waals surface area (Å²) in [6.07, 6.45) is 0.0835. The highest BCUT2D eigenvalue weighted by molar-refractivity contribution is 5.68. The van der Waals surface area contributed by atoms with E-state index in [2.05, 4.69) is 0 Å². The Balaban J connectivity index is 2.48. The van der Waals surface area contributed by atoms with Crippen LogP contribution in [-0.4, -0.2) is 40.9 Å². The van der Waals surface area contributed by atoms with Crippen LogP contribution in [0.4, 0.5) is 4.79 Å². The molecule has 0 unspecified atom stereocenters. The van der Waals surface area contributed by atoms with E-state index in [9.17, 15) is 9.90 Å². The molecule has 1 N–H and O–H groups in total. The first-order valence-electron chi connectivity index (χ1n) is 5.45. The maximum atomic E-state index is 11.7. The van der Waals surface area contributed by atoms with Crippen molar-refractivity contribution in [1.82, 2.24) is 4.90 Å². The van der Waals surface area contributed by atoms with Crippen molar-refractivity contribution in [3.05, 3.63) is 0 Å². The molecule has 0 saturated carbocycles. The molecule has 0 aromatic rings. The number of piperidine rings is 1. The Morgan fingerprint density at radius 1 is 1.47 bits per heavy atom.